The number of imidazole rings is 1. The monoisotopic (exact) mass is 258 g/mol. The summed E-state index contributed by atoms with van der Waals surface area (Å²) in [5.74, 6) is 0.552. The summed E-state index contributed by atoms with van der Waals surface area (Å²) in [6.07, 6.45) is 3.74. The highest BCUT2D eigenvalue weighted by Gasteiger charge is 2.25. The van der Waals surface area contributed by atoms with E-state index in [1.807, 2.05) is 24.3 Å². The Balaban J connectivity index is 1.71. The first-order valence-corrected chi connectivity index (χ1v) is 6.73. The largest absolute Gasteiger partial charge is 0.328 e. The fraction of sp³-hybridized carbons (Fsp3) is 0.429. The molecule has 1 heterocycles. The predicted octanol–water partition coefficient (Wildman–Crippen LogP) is 2.02. The van der Waals surface area contributed by atoms with Gasteiger partial charge in [-0.1, -0.05) is 18.6 Å². The van der Waals surface area contributed by atoms with E-state index in [1.54, 1.807) is 0 Å². The number of para-hydroxylation sites is 2. The molecule has 1 amide bonds. The van der Waals surface area contributed by atoms with Crippen LogP contribution in [-0.4, -0.2) is 21.9 Å². The van der Waals surface area contributed by atoms with Crippen LogP contribution in [0.3, 0.4) is 0 Å². The first kappa shape index (κ1) is 12.2. The number of rotatable bonds is 2. The Morgan fingerprint density at radius 3 is 3.00 bits per heavy atom. The number of fused-ring (bicyclic) bond motifs is 1. The van der Waals surface area contributed by atoms with Crippen LogP contribution < -0.4 is 11.1 Å². The van der Waals surface area contributed by atoms with Crippen LogP contribution in [0.2, 0.25) is 0 Å². The van der Waals surface area contributed by atoms with Crippen LogP contribution in [0.15, 0.2) is 24.3 Å². The Labute approximate surface area is 111 Å². The van der Waals surface area contributed by atoms with E-state index in [1.165, 1.54) is 0 Å². The second kappa shape index (κ2) is 5.01. The molecule has 0 saturated heterocycles. The molecule has 2 unspecified atom stereocenters. The van der Waals surface area contributed by atoms with E-state index >= 15 is 0 Å². The van der Waals surface area contributed by atoms with Gasteiger partial charge in [-0.2, -0.15) is 0 Å². The van der Waals surface area contributed by atoms with Crippen molar-refractivity contribution < 1.29 is 4.79 Å². The van der Waals surface area contributed by atoms with Crippen LogP contribution in [0.25, 0.3) is 11.0 Å². The summed E-state index contributed by atoms with van der Waals surface area (Å²) < 4.78 is 0. The number of anilines is 1. The number of carbonyl (C=O) groups excluding carboxylic acids is 1. The quantitative estimate of drug-likeness (QED) is 0.770. The molecule has 1 aliphatic rings. The summed E-state index contributed by atoms with van der Waals surface area (Å²) in [5.41, 5.74) is 7.70. The zero-order valence-electron chi connectivity index (χ0n) is 10.7. The van der Waals surface area contributed by atoms with Gasteiger partial charge in [0.05, 0.1) is 11.0 Å². The van der Waals surface area contributed by atoms with Gasteiger partial charge in [-0.15, -0.1) is 0 Å². The predicted molar refractivity (Wildman–Crippen MR) is 74.7 cm³/mol. The minimum absolute atomic E-state index is 0.0111. The van der Waals surface area contributed by atoms with Crippen molar-refractivity contribution in [3.05, 3.63) is 24.3 Å². The van der Waals surface area contributed by atoms with Crippen molar-refractivity contribution in [1.82, 2.24) is 9.97 Å². The van der Waals surface area contributed by atoms with Crippen LogP contribution in [0, 0.1) is 5.92 Å². The van der Waals surface area contributed by atoms with E-state index in [9.17, 15) is 4.79 Å². The molecule has 100 valence electrons. The maximum absolute atomic E-state index is 12.2. The number of nitrogens with one attached hydrogen (secondary N) is 2. The maximum Gasteiger partial charge on any atom is 0.229 e. The molecule has 1 saturated carbocycles. The zero-order valence-corrected chi connectivity index (χ0v) is 10.7. The van der Waals surface area contributed by atoms with Gasteiger partial charge >= 0.3 is 0 Å². The molecule has 5 nitrogen and oxygen atoms in total. The number of hydrogen-bond acceptors (Lipinski definition) is 3. The molecular weight excluding hydrogens is 240 g/mol. The SMILES string of the molecule is NC1CCCC(C(=O)Nc2nc3ccccc3[nH]2)C1. The molecule has 0 spiro atoms. The van der Waals surface area contributed by atoms with Crippen molar-refractivity contribution in [3.8, 4) is 0 Å². The molecule has 0 bridgehead atoms. The van der Waals surface area contributed by atoms with Crippen molar-refractivity contribution in [1.29, 1.82) is 0 Å². The highest BCUT2D eigenvalue weighted by Crippen LogP contribution is 2.24. The fourth-order valence-corrected chi connectivity index (χ4v) is 2.70. The minimum Gasteiger partial charge on any atom is -0.328 e. The number of amides is 1. The van der Waals surface area contributed by atoms with Gasteiger partial charge in [0, 0.05) is 12.0 Å². The van der Waals surface area contributed by atoms with Crippen LogP contribution in [0.4, 0.5) is 5.95 Å². The first-order chi connectivity index (χ1) is 9.22. The lowest BCUT2D eigenvalue weighted by Crippen LogP contribution is -2.34. The summed E-state index contributed by atoms with van der Waals surface area (Å²) in [6.45, 7) is 0. The number of aromatic amines is 1. The second-order valence-electron chi connectivity index (χ2n) is 5.22. The summed E-state index contributed by atoms with van der Waals surface area (Å²) >= 11 is 0. The average molecular weight is 258 g/mol. The van der Waals surface area contributed by atoms with Gasteiger partial charge in [0.25, 0.3) is 0 Å². The number of hydrogen-bond donors (Lipinski definition) is 3. The molecule has 5 heteroatoms. The van der Waals surface area contributed by atoms with Crippen molar-refractivity contribution in [2.75, 3.05) is 5.32 Å². The fourth-order valence-electron chi connectivity index (χ4n) is 2.70. The van der Waals surface area contributed by atoms with E-state index in [0.29, 0.717) is 5.95 Å². The van der Waals surface area contributed by atoms with E-state index in [-0.39, 0.29) is 17.9 Å². The van der Waals surface area contributed by atoms with Crippen molar-refractivity contribution >= 4 is 22.9 Å². The van der Waals surface area contributed by atoms with Gasteiger partial charge in [-0.05, 0) is 31.4 Å². The second-order valence-corrected chi connectivity index (χ2v) is 5.22. The lowest BCUT2D eigenvalue weighted by atomic mass is 9.85. The number of H-pyrrole nitrogens is 1. The standard InChI is InChI=1S/C14H18N4O/c15-10-5-3-4-9(8-10)13(19)18-14-16-11-6-1-2-7-12(11)17-14/h1-2,6-7,9-10H,3-5,8,15H2,(H2,16,17,18,19). The Hall–Kier alpha value is -1.88. The molecule has 1 aliphatic carbocycles. The highest BCUT2D eigenvalue weighted by molar-refractivity contribution is 5.92. The smallest absolute Gasteiger partial charge is 0.229 e. The van der Waals surface area contributed by atoms with Crippen LogP contribution >= 0.6 is 0 Å². The van der Waals surface area contributed by atoms with E-state index < -0.39 is 0 Å². The van der Waals surface area contributed by atoms with E-state index in [0.717, 1.165) is 36.7 Å². The van der Waals surface area contributed by atoms with Crippen molar-refractivity contribution in [2.24, 2.45) is 11.7 Å². The number of carbonyl (C=O) groups is 1. The molecule has 19 heavy (non-hydrogen) atoms. The van der Waals surface area contributed by atoms with Gasteiger partial charge in [0.1, 0.15) is 0 Å². The van der Waals surface area contributed by atoms with Gasteiger partial charge in [0.2, 0.25) is 11.9 Å². The number of nitrogens with zero attached hydrogens (tertiary/aromatic N) is 1. The van der Waals surface area contributed by atoms with Crippen molar-refractivity contribution in [2.45, 2.75) is 31.7 Å². The third kappa shape index (κ3) is 2.61. The summed E-state index contributed by atoms with van der Waals surface area (Å²) in [7, 11) is 0. The molecular formula is C14H18N4O. The van der Waals surface area contributed by atoms with Gasteiger partial charge in [-0.3, -0.25) is 10.1 Å². The van der Waals surface area contributed by atoms with Gasteiger partial charge in [-0.25, -0.2) is 4.98 Å². The van der Waals surface area contributed by atoms with Crippen LogP contribution in [-0.2, 0) is 4.79 Å². The molecule has 3 rings (SSSR count). The highest BCUT2D eigenvalue weighted by atomic mass is 16.2. The molecule has 1 aromatic heterocycles. The normalized spacial score (nSPS) is 23.4. The van der Waals surface area contributed by atoms with Gasteiger partial charge in [0.15, 0.2) is 0 Å². The van der Waals surface area contributed by atoms with E-state index in [4.69, 9.17) is 5.73 Å². The molecule has 2 aromatic rings. The first-order valence-electron chi connectivity index (χ1n) is 6.73. The topological polar surface area (TPSA) is 83.8 Å². The molecule has 4 N–H and O–H groups in total. The summed E-state index contributed by atoms with van der Waals surface area (Å²) in [4.78, 5) is 19.6. The Kier molecular flexibility index (Phi) is 3.21. The summed E-state index contributed by atoms with van der Waals surface area (Å²) in [6, 6.07) is 7.87. The number of aromatic nitrogens is 2. The molecule has 1 aromatic carbocycles. The lowest BCUT2D eigenvalue weighted by molar-refractivity contribution is -0.120. The third-order valence-electron chi connectivity index (χ3n) is 3.72. The maximum atomic E-state index is 12.2. The molecule has 0 aliphatic heterocycles. The van der Waals surface area contributed by atoms with Crippen LogP contribution in [0.1, 0.15) is 25.7 Å². The molecule has 2 atom stereocenters. The average Bonchev–Trinajstić information content (AvgIpc) is 2.80. The minimum atomic E-state index is 0.0111. The lowest BCUT2D eigenvalue weighted by Gasteiger charge is -2.25. The molecule has 1 fully saturated rings. The third-order valence-corrected chi connectivity index (χ3v) is 3.72. The molecule has 0 radical (unpaired) electrons. The number of nitrogens with two attached hydrogens (primary N) is 1. The summed E-state index contributed by atoms with van der Waals surface area (Å²) in [5, 5.41) is 2.86. The Morgan fingerprint density at radius 1 is 1.37 bits per heavy atom. The van der Waals surface area contributed by atoms with Crippen molar-refractivity contribution in [3.63, 3.8) is 0 Å². The number of benzene rings is 1. The van der Waals surface area contributed by atoms with Gasteiger partial charge < -0.3 is 10.7 Å². The van der Waals surface area contributed by atoms with E-state index in [2.05, 4.69) is 15.3 Å². The Bertz CT molecular complexity index is 559. The van der Waals surface area contributed by atoms with Crippen LogP contribution in [0.5, 0.6) is 0 Å². The Morgan fingerprint density at radius 2 is 2.21 bits per heavy atom. The zero-order chi connectivity index (χ0) is 13.2.